The van der Waals surface area contributed by atoms with Gasteiger partial charge in [-0.25, -0.2) is 12.8 Å². The molecular weight excluding hydrogens is 621 g/mol. The van der Waals surface area contributed by atoms with Crippen LogP contribution >= 0.6 is 11.6 Å². The molecule has 6 nitrogen and oxygen atoms in total. The molecule has 0 saturated heterocycles. The van der Waals surface area contributed by atoms with E-state index in [1.165, 1.54) is 18.2 Å². The number of nitrogens with zero attached hydrogens (tertiary/aromatic N) is 1. The summed E-state index contributed by atoms with van der Waals surface area (Å²) in [5.74, 6) is -13.3. The van der Waals surface area contributed by atoms with Gasteiger partial charge in [-0.3, -0.25) is 4.79 Å². The van der Waals surface area contributed by atoms with Crippen molar-refractivity contribution in [1.29, 1.82) is 0 Å². The highest BCUT2D eigenvalue weighted by Gasteiger charge is 2.81. The van der Waals surface area contributed by atoms with Gasteiger partial charge < -0.3 is 10.5 Å². The Morgan fingerprint density at radius 1 is 0.925 bits per heavy atom. The van der Waals surface area contributed by atoms with Crippen LogP contribution in [-0.4, -0.2) is 38.4 Å². The molecule has 0 spiro atoms. The molecule has 0 aliphatic rings. The maximum atomic E-state index is 14.9. The summed E-state index contributed by atoms with van der Waals surface area (Å²) in [6, 6.07) is 4.48. The van der Waals surface area contributed by atoms with E-state index in [1.807, 2.05) is 0 Å². The number of alkyl halides is 11. The number of carbonyl (C=O) groups excluding carboxylic acids is 1. The van der Waals surface area contributed by atoms with Gasteiger partial charge in [0.15, 0.2) is 6.20 Å². The number of hydrogen-bond donors (Lipinski definition) is 1. The zero-order valence-corrected chi connectivity index (χ0v) is 20.3. The molecule has 3 rings (SSSR count). The Kier molecular flexibility index (Phi) is 7.70. The highest BCUT2D eigenvalue weighted by Crippen LogP contribution is 2.59. The van der Waals surface area contributed by atoms with Gasteiger partial charge in [-0.2, -0.15) is 48.6 Å². The summed E-state index contributed by atoms with van der Waals surface area (Å²) in [4.78, 5) is 10.5. The number of aromatic nitrogens is 1. The van der Waals surface area contributed by atoms with E-state index in [0.717, 1.165) is 18.3 Å². The maximum absolute atomic E-state index is 14.9. The van der Waals surface area contributed by atoms with Crippen LogP contribution in [0.5, 0.6) is 0 Å². The van der Waals surface area contributed by atoms with Gasteiger partial charge >= 0.3 is 29.7 Å². The number of nitrogens with one attached hydrogen (secondary N) is 1. The van der Waals surface area contributed by atoms with Gasteiger partial charge in [0.1, 0.15) is 0 Å². The number of halogens is 12. The zero-order chi connectivity index (χ0) is 30.6. The Morgan fingerprint density at radius 2 is 1.52 bits per heavy atom. The Hall–Kier alpha value is -3.41. The van der Waals surface area contributed by atoms with Crippen molar-refractivity contribution in [3.63, 3.8) is 0 Å². The number of hydrogen-bond acceptors (Lipinski definition) is 4. The van der Waals surface area contributed by atoms with Crippen LogP contribution < -0.4 is 10.0 Å². The van der Waals surface area contributed by atoms with E-state index in [-0.39, 0.29) is 15.6 Å². The molecule has 1 unspecified atom stereocenters. The molecule has 40 heavy (non-hydrogen) atoms. The third-order valence-corrected chi connectivity index (χ3v) is 7.14. The maximum Gasteiger partial charge on any atom is 0.457 e. The minimum Gasteiger partial charge on any atom is -0.618 e. The number of anilines is 1. The lowest BCUT2D eigenvalue weighted by atomic mass is 9.87. The highest BCUT2D eigenvalue weighted by atomic mass is 35.5. The van der Waals surface area contributed by atoms with Gasteiger partial charge in [0.2, 0.25) is 15.4 Å². The molecule has 2 aromatic carbocycles. The molecule has 0 aliphatic carbocycles. The predicted molar refractivity (Wildman–Crippen MR) is 115 cm³/mol. The van der Waals surface area contributed by atoms with E-state index in [2.05, 4.69) is 0 Å². The van der Waals surface area contributed by atoms with E-state index in [4.69, 9.17) is 11.6 Å². The highest BCUT2D eigenvalue weighted by molar-refractivity contribution is 7.91. The van der Waals surface area contributed by atoms with E-state index in [1.54, 1.807) is 5.32 Å². The third kappa shape index (κ3) is 4.97. The van der Waals surface area contributed by atoms with E-state index < -0.39 is 84.3 Å². The standard InChI is InChI=1S/C21H10ClF11N2O4S/c22-12-7-11(18(25,20(28,29)30)19(26,27)21(31,32)33)8-14(40(38,39)17(23)24)15(12)34-16(36)10-4-3-9-2-1-5-35(37)13(9)6-10/h1-8,17H,(H,34,36). The lowest BCUT2D eigenvalue weighted by Crippen LogP contribution is -2.59. The molecule has 0 radical (unpaired) electrons. The van der Waals surface area contributed by atoms with E-state index in [0.29, 0.717) is 0 Å². The molecule has 0 aliphatic heterocycles. The predicted octanol–water partition coefficient (Wildman–Crippen LogP) is 6.30. The molecular formula is C21H10ClF11N2O4S. The summed E-state index contributed by atoms with van der Waals surface area (Å²) in [6.45, 7) is 0. The molecule has 1 atom stereocenters. The van der Waals surface area contributed by atoms with Crippen LogP contribution in [-0.2, 0) is 15.5 Å². The smallest absolute Gasteiger partial charge is 0.457 e. The topological polar surface area (TPSA) is 90.2 Å². The molecule has 0 saturated carbocycles. The molecule has 3 aromatic rings. The number of rotatable bonds is 6. The first kappa shape index (κ1) is 31.1. The first-order valence-corrected chi connectivity index (χ1v) is 12.0. The molecule has 218 valence electrons. The van der Waals surface area contributed by atoms with Crippen molar-refractivity contribution < 1.29 is 66.2 Å². The summed E-state index contributed by atoms with van der Waals surface area (Å²) in [5, 5.41) is 12.2. The first-order chi connectivity index (χ1) is 18.1. The lowest BCUT2D eigenvalue weighted by Gasteiger charge is -2.36. The summed E-state index contributed by atoms with van der Waals surface area (Å²) < 4.78 is 173. The van der Waals surface area contributed by atoms with Crippen molar-refractivity contribution in [2.45, 2.75) is 34.6 Å². The van der Waals surface area contributed by atoms with Gasteiger partial charge in [-0.1, -0.05) is 11.6 Å². The molecule has 1 N–H and O–H groups in total. The zero-order valence-electron chi connectivity index (χ0n) is 18.7. The number of pyridine rings is 1. The lowest BCUT2D eigenvalue weighted by molar-refractivity contribution is -0.577. The van der Waals surface area contributed by atoms with Gasteiger partial charge in [0, 0.05) is 28.6 Å². The van der Waals surface area contributed by atoms with Crippen molar-refractivity contribution in [1.82, 2.24) is 0 Å². The molecule has 0 fully saturated rings. The van der Waals surface area contributed by atoms with Crippen LogP contribution in [0.15, 0.2) is 53.6 Å². The fourth-order valence-electron chi connectivity index (χ4n) is 3.45. The van der Waals surface area contributed by atoms with Crippen LogP contribution in [0.4, 0.5) is 54.0 Å². The number of carbonyl (C=O) groups is 1. The van der Waals surface area contributed by atoms with Crippen LogP contribution in [0.2, 0.25) is 5.02 Å². The molecule has 1 amide bonds. The molecule has 19 heteroatoms. The van der Waals surface area contributed by atoms with Crippen molar-refractivity contribution in [3.05, 3.63) is 70.0 Å². The fraction of sp³-hybridized carbons (Fsp3) is 0.238. The van der Waals surface area contributed by atoms with E-state index >= 15 is 0 Å². The van der Waals surface area contributed by atoms with Crippen LogP contribution in [0.25, 0.3) is 10.9 Å². The Labute approximate surface area is 220 Å². The molecule has 0 bridgehead atoms. The van der Waals surface area contributed by atoms with Crippen LogP contribution in [0, 0.1) is 5.21 Å². The minimum absolute atomic E-state index is 0.154. The second-order valence-corrected chi connectivity index (χ2v) is 10.2. The minimum atomic E-state index is -7.28. The van der Waals surface area contributed by atoms with Crippen molar-refractivity contribution in [2.24, 2.45) is 0 Å². The number of benzene rings is 2. The molecule has 1 aromatic heterocycles. The number of fused-ring (bicyclic) bond motifs is 1. The van der Waals surface area contributed by atoms with Gasteiger partial charge in [-0.15, -0.1) is 0 Å². The average molecular weight is 631 g/mol. The summed E-state index contributed by atoms with van der Waals surface area (Å²) in [6.07, 6.45) is -13.3. The van der Waals surface area contributed by atoms with Gasteiger partial charge in [0.05, 0.1) is 15.6 Å². The average Bonchev–Trinajstić information content (AvgIpc) is 2.82. The van der Waals surface area contributed by atoms with Crippen LogP contribution in [0.1, 0.15) is 15.9 Å². The Morgan fingerprint density at radius 3 is 2.05 bits per heavy atom. The largest absolute Gasteiger partial charge is 0.618 e. The first-order valence-electron chi connectivity index (χ1n) is 10.1. The Bertz CT molecular complexity index is 1590. The van der Waals surface area contributed by atoms with Gasteiger partial charge in [0.25, 0.3) is 5.91 Å². The summed E-state index contributed by atoms with van der Waals surface area (Å²) in [5.41, 5.74) is -11.7. The second kappa shape index (κ2) is 9.90. The number of sulfone groups is 1. The monoisotopic (exact) mass is 630 g/mol. The molecule has 1 heterocycles. The Balaban J connectivity index is 2.28. The second-order valence-electron chi connectivity index (χ2n) is 7.93. The number of amides is 1. The van der Waals surface area contributed by atoms with Crippen LogP contribution in [0.3, 0.4) is 0 Å². The quantitative estimate of drug-likeness (QED) is 0.197. The van der Waals surface area contributed by atoms with E-state index in [9.17, 15) is 66.7 Å². The van der Waals surface area contributed by atoms with Crippen molar-refractivity contribution >= 4 is 43.9 Å². The summed E-state index contributed by atoms with van der Waals surface area (Å²) >= 11 is 5.58. The van der Waals surface area contributed by atoms with Crippen molar-refractivity contribution in [3.8, 4) is 0 Å². The SMILES string of the molecule is O=C(Nc1c(Cl)cc(C(F)(C(F)(F)F)C(F)(F)C(F)(F)F)cc1S(=O)(=O)C(F)F)c1ccc2ccc[n+]([O-])c2c1. The normalized spacial score (nSPS) is 14.8. The third-order valence-electron chi connectivity index (χ3n) is 5.44. The van der Waals surface area contributed by atoms with Crippen molar-refractivity contribution in [2.75, 3.05) is 5.32 Å². The fourth-order valence-corrected chi connectivity index (χ4v) is 4.70. The van der Waals surface area contributed by atoms with Gasteiger partial charge in [-0.05, 0) is 30.3 Å². The summed E-state index contributed by atoms with van der Waals surface area (Å²) in [7, 11) is -6.26.